The molecule has 6 nitrogen and oxygen atoms in total. The first-order chi connectivity index (χ1) is 17.1. The minimum atomic E-state index is -0.878. The summed E-state index contributed by atoms with van der Waals surface area (Å²) in [5, 5.41) is -0.0856. The smallest absolute Gasteiger partial charge is 0.330 e. The third kappa shape index (κ3) is 4.51. The maximum Gasteiger partial charge on any atom is 0.330 e. The molecule has 0 unspecified atom stereocenters. The van der Waals surface area contributed by atoms with E-state index < -0.39 is 29.2 Å². The Bertz CT molecular complexity index is 1340. The predicted molar refractivity (Wildman–Crippen MR) is 135 cm³/mol. The van der Waals surface area contributed by atoms with Gasteiger partial charge in [-0.25, -0.2) is 4.79 Å². The van der Waals surface area contributed by atoms with Crippen molar-refractivity contribution in [2.45, 2.75) is 17.9 Å². The van der Waals surface area contributed by atoms with Gasteiger partial charge >= 0.3 is 5.69 Å². The zero-order valence-corrected chi connectivity index (χ0v) is 19.5. The van der Waals surface area contributed by atoms with Gasteiger partial charge < -0.3 is 9.47 Å². The summed E-state index contributed by atoms with van der Waals surface area (Å²) in [6.45, 7) is 0.220. The van der Waals surface area contributed by atoms with Crippen LogP contribution in [-0.2, 0) is 15.1 Å². The molecule has 0 aliphatic carbocycles. The summed E-state index contributed by atoms with van der Waals surface area (Å²) in [5.41, 5.74) is 0.853. The summed E-state index contributed by atoms with van der Waals surface area (Å²) in [5.74, 6) is 0. The van der Waals surface area contributed by atoms with Crippen molar-refractivity contribution in [3.63, 3.8) is 0 Å². The second kappa shape index (κ2) is 9.88. The van der Waals surface area contributed by atoms with Crippen LogP contribution in [0.25, 0.3) is 0 Å². The van der Waals surface area contributed by atoms with Crippen molar-refractivity contribution in [1.82, 2.24) is 9.55 Å². The molecule has 5 rings (SSSR count). The van der Waals surface area contributed by atoms with Crippen molar-refractivity contribution in [3.8, 4) is 0 Å². The molecule has 1 aliphatic heterocycles. The van der Waals surface area contributed by atoms with Crippen LogP contribution in [-0.4, -0.2) is 22.3 Å². The number of rotatable bonds is 7. The van der Waals surface area contributed by atoms with E-state index in [1.807, 2.05) is 60.7 Å². The molecule has 0 fully saturated rings. The van der Waals surface area contributed by atoms with Gasteiger partial charge in [0.15, 0.2) is 6.23 Å². The maximum atomic E-state index is 12.3. The van der Waals surface area contributed by atoms with Gasteiger partial charge in [-0.1, -0.05) is 109 Å². The Labute approximate surface area is 207 Å². The molecule has 3 aromatic carbocycles. The lowest BCUT2D eigenvalue weighted by Crippen LogP contribution is -2.36. The molecule has 1 aromatic heterocycles. The van der Waals surface area contributed by atoms with Crippen LogP contribution >= 0.6 is 11.6 Å². The van der Waals surface area contributed by atoms with Gasteiger partial charge in [0.05, 0.1) is 6.61 Å². The highest BCUT2D eigenvalue weighted by Crippen LogP contribution is 2.41. The lowest BCUT2D eigenvalue weighted by atomic mass is 9.80. The standard InChI is InChI=1S/C28H23ClN2O4/c29-24-18-31(27(33)30-26(24)32)25-17-16-23(35-25)19-34-28(20-10-4-1-5-11-20,21-12-6-2-7-13-21)22-14-8-3-9-15-22/h1-18,23,25H,19H2,(H,30,32,33)/t23-,25+/m0/s1. The van der Waals surface area contributed by atoms with Crippen LogP contribution in [0, 0.1) is 0 Å². The van der Waals surface area contributed by atoms with E-state index in [0.717, 1.165) is 16.7 Å². The van der Waals surface area contributed by atoms with Crippen LogP contribution in [0.15, 0.2) is 119 Å². The number of benzene rings is 3. The summed E-state index contributed by atoms with van der Waals surface area (Å²) in [6, 6.07) is 30.2. The summed E-state index contributed by atoms with van der Waals surface area (Å²) >= 11 is 5.92. The molecular formula is C28H23ClN2O4. The molecule has 1 N–H and O–H groups in total. The first kappa shape index (κ1) is 23.1. The van der Waals surface area contributed by atoms with Gasteiger partial charge in [0.2, 0.25) is 0 Å². The average molecular weight is 487 g/mol. The molecule has 2 atom stereocenters. The number of nitrogens with zero attached hydrogens (tertiary/aromatic N) is 1. The third-order valence-corrected chi connectivity index (χ3v) is 6.28. The van der Waals surface area contributed by atoms with E-state index in [0.29, 0.717) is 0 Å². The zero-order chi connectivity index (χ0) is 24.3. The van der Waals surface area contributed by atoms with Gasteiger partial charge in [-0.2, -0.15) is 0 Å². The molecule has 0 amide bonds. The van der Waals surface area contributed by atoms with Crippen molar-refractivity contribution in [3.05, 3.63) is 152 Å². The molecule has 176 valence electrons. The van der Waals surface area contributed by atoms with Gasteiger partial charge in [0, 0.05) is 6.20 Å². The number of nitrogens with one attached hydrogen (secondary N) is 1. The number of aromatic nitrogens is 2. The van der Waals surface area contributed by atoms with Crippen molar-refractivity contribution >= 4 is 11.6 Å². The first-order valence-electron chi connectivity index (χ1n) is 11.2. The largest absolute Gasteiger partial charge is 0.358 e. The fourth-order valence-electron chi connectivity index (χ4n) is 4.37. The zero-order valence-electron chi connectivity index (χ0n) is 18.7. The van der Waals surface area contributed by atoms with Crippen molar-refractivity contribution < 1.29 is 9.47 Å². The number of H-pyrrole nitrogens is 1. The third-order valence-electron chi connectivity index (χ3n) is 6.01. The van der Waals surface area contributed by atoms with E-state index in [1.165, 1.54) is 10.8 Å². The quantitative estimate of drug-likeness (QED) is 0.305. The highest BCUT2D eigenvalue weighted by molar-refractivity contribution is 6.30. The second-order valence-corrected chi connectivity index (χ2v) is 8.59. The average Bonchev–Trinajstić information content (AvgIpc) is 3.37. The number of hydrogen-bond acceptors (Lipinski definition) is 4. The SMILES string of the molecule is O=c1[nH]c(=O)n([C@H]2C=C[C@@H](COC(c3ccccc3)(c3ccccc3)c3ccccc3)O2)cc1Cl. The van der Waals surface area contributed by atoms with E-state index in [2.05, 4.69) is 41.4 Å². The maximum absolute atomic E-state index is 12.3. The molecule has 0 bridgehead atoms. The van der Waals surface area contributed by atoms with E-state index in [-0.39, 0.29) is 11.6 Å². The minimum Gasteiger partial charge on any atom is -0.358 e. The molecule has 2 heterocycles. The molecule has 0 saturated carbocycles. The summed E-state index contributed by atoms with van der Waals surface area (Å²) in [6.07, 6.45) is 3.75. The Morgan fingerprint density at radius 2 is 1.34 bits per heavy atom. The van der Waals surface area contributed by atoms with Crippen LogP contribution in [0.1, 0.15) is 22.9 Å². The molecule has 0 spiro atoms. The molecular weight excluding hydrogens is 464 g/mol. The number of ether oxygens (including phenoxy) is 2. The van der Waals surface area contributed by atoms with Crippen molar-refractivity contribution in [2.24, 2.45) is 0 Å². The Morgan fingerprint density at radius 3 is 1.86 bits per heavy atom. The van der Waals surface area contributed by atoms with Crippen LogP contribution in [0.2, 0.25) is 5.02 Å². The van der Waals surface area contributed by atoms with Gasteiger partial charge in [-0.3, -0.25) is 14.3 Å². The van der Waals surface area contributed by atoms with Crippen molar-refractivity contribution in [2.75, 3.05) is 6.61 Å². The number of aromatic amines is 1. The number of halogens is 1. The molecule has 1 aliphatic rings. The van der Waals surface area contributed by atoms with Gasteiger partial charge in [0.1, 0.15) is 16.7 Å². The Kier molecular flexibility index (Phi) is 6.51. The summed E-state index contributed by atoms with van der Waals surface area (Å²) in [4.78, 5) is 26.1. The molecule has 7 heteroatoms. The summed E-state index contributed by atoms with van der Waals surface area (Å²) in [7, 11) is 0. The van der Waals surface area contributed by atoms with E-state index in [4.69, 9.17) is 21.1 Å². The first-order valence-corrected chi connectivity index (χ1v) is 11.6. The van der Waals surface area contributed by atoms with Crippen LogP contribution in [0.3, 0.4) is 0 Å². The molecule has 4 aromatic rings. The number of hydrogen-bond donors (Lipinski definition) is 1. The lowest BCUT2D eigenvalue weighted by molar-refractivity contribution is -0.0685. The Hall–Kier alpha value is -3.71. The van der Waals surface area contributed by atoms with E-state index >= 15 is 0 Å². The van der Waals surface area contributed by atoms with Gasteiger partial charge in [-0.05, 0) is 22.8 Å². The Morgan fingerprint density at radius 1 is 0.829 bits per heavy atom. The lowest BCUT2D eigenvalue weighted by Gasteiger charge is -2.36. The highest BCUT2D eigenvalue weighted by Gasteiger charge is 2.38. The van der Waals surface area contributed by atoms with Crippen LogP contribution in [0.5, 0.6) is 0 Å². The topological polar surface area (TPSA) is 73.3 Å². The summed E-state index contributed by atoms with van der Waals surface area (Å²) < 4.78 is 14.1. The highest BCUT2D eigenvalue weighted by atomic mass is 35.5. The molecule has 35 heavy (non-hydrogen) atoms. The van der Waals surface area contributed by atoms with Gasteiger partial charge in [0.25, 0.3) is 5.56 Å². The monoisotopic (exact) mass is 486 g/mol. The van der Waals surface area contributed by atoms with Crippen LogP contribution in [0.4, 0.5) is 0 Å². The molecule has 0 radical (unpaired) electrons. The second-order valence-electron chi connectivity index (χ2n) is 8.18. The van der Waals surface area contributed by atoms with E-state index in [9.17, 15) is 9.59 Å². The molecule has 0 saturated heterocycles. The normalized spacial score (nSPS) is 17.5. The van der Waals surface area contributed by atoms with Gasteiger partial charge in [-0.15, -0.1) is 0 Å². The fourth-order valence-corrected chi connectivity index (χ4v) is 4.52. The Balaban J connectivity index is 1.48. The van der Waals surface area contributed by atoms with Crippen LogP contribution < -0.4 is 11.2 Å². The minimum absolute atomic E-state index is 0.0856. The predicted octanol–water partition coefficient (Wildman–Crippen LogP) is 4.65. The van der Waals surface area contributed by atoms with E-state index in [1.54, 1.807) is 6.08 Å². The fraction of sp³-hybridized carbons (Fsp3) is 0.143. The van der Waals surface area contributed by atoms with Crippen molar-refractivity contribution in [1.29, 1.82) is 0 Å².